The molecule has 10 atom stereocenters. The fraction of sp³-hybridized carbons (Fsp3) is 0.615. The molecule has 0 spiro atoms. The molecule has 0 bridgehead atoms. The van der Waals surface area contributed by atoms with Crippen LogP contribution in [0.3, 0.4) is 0 Å². The van der Waals surface area contributed by atoms with Crippen LogP contribution >= 0.6 is 0 Å². The van der Waals surface area contributed by atoms with Gasteiger partial charge in [0.15, 0.2) is 11.9 Å². The highest BCUT2D eigenvalue weighted by Crippen LogP contribution is 2.14. The van der Waals surface area contributed by atoms with Gasteiger partial charge < -0.3 is 113 Å². The van der Waals surface area contributed by atoms with Gasteiger partial charge in [-0.1, -0.05) is 12.1 Å². The largest absolute Gasteiger partial charge is 0.508 e. The summed E-state index contributed by atoms with van der Waals surface area (Å²) < 4.78 is 0. The average Bonchev–Trinajstić information content (AvgIpc) is 3.42. The number of aliphatic imine (C=N–C) groups is 2. The Hall–Kier alpha value is -8.96. The van der Waals surface area contributed by atoms with Crippen molar-refractivity contribution in [1.82, 2.24) is 42.5 Å². The zero-order chi connectivity index (χ0) is 65.8. The predicted octanol–water partition coefficient (Wildman–Crippen LogP) is -6.43. The first-order valence-electron chi connectivity index (χ1n) is 28.0. The monoisotopic (exact) mass is 1240 g/mol. The Balaban J connectivity index is 3.74. The lowest BCUT2D eigenvalue weighted by Gasteiger charge is -2.29. The molecule has 0 heterocycles. The van der Waals surface area contributed by atoms with Gasteiger partial charge in [0.05, 0.1) is 12.1 Å². The Kier molecular flexibility index (Phi) is 36.0. The molecule has 488 valence electrons. The van der Waals surface area contributed by atoms with Crippen LogP contribution in [0.15, 0.2) is 34.3 Å². The van der Waals surface area contributed by atoms with Crippen molar-refractivity contribution in [2.75, 3.05) is 26.2 Å². The van der Waals surface area contributed by atoms with E-state index < -0.39 is 164 Å². The Morgan fingerprint density at radius 1 is 0.437 bits per heavy atom. The lowest BCUT2D eigenvalue weighted by atomic mass is 10.0. The summed E-state index contributed by atoms with van der Waals surface area (Å²) in [6, 6.07) is -9.10. The third-order valence-corrected chi connectivity index (χ3v) is 12.9. The molecule has 8 amide bonds. The Morgan fingerprint density at radius 2 is 0.770 bits per heavy atom. The Bertz CT molecular complexity index is 2510. The van der Waals surface area contributed by atoms with Gasteiger partial charge in [-0.05, 0) is 121 Å². The third-order valence-electron chi connectivity index (χ3n) is 12.9. The number of guanidine groups is 2. The van der Waals surface area contributed by atoms with Crippen LogP contribution in [0.4, 0.5) is 0 Å². The van der Waals surface area contributed by atoms with Gasteiger partial charge in [-0.2, -0.15) is 0 Å². The van der Waals surface area contributed by atoms with Gasteiger partial charge in [0.1, 0.15) is 54.1 Å². The standard InChI is InChI=1S/C52H87N17O18/c1-27(70)41(49(85)68-37(26-28-12-14-29(71)15-13-28)48(84)67-36(50(86)87)18-21-40(76)77)69-47(83)34(11-7-25-61-52(58)59)66-44(80)31(8-2-4-22-53)63-45(81)33(10-6-24-60-51(56)57)65-43(79)32(9-3-5-23-54)64-46(82)35(17-20-39(74)75)62-42(78)30(55)16-19-38(72)73/h12-15,27,30-37,41,70-71H,2-11,16-26,53-55H2,1H3,(H,62,78)(H,63,81)(H,64,82)(H,65,79)(H,66,80)(H,67,84)(H,68,85)(H,69,83)(H,72,73)(H,74,75)(H,76,77)(H,86,87)(H4,56,57,60)(H4,58,59,61). The molecule has 0 saturated carbocycles. The summed E-state index contributed by atoms with van der Waals surface area (Å²) in [6.07, 6.45) is -4.85. The molecule has 0 radical (unpaired) electrons. The number of aliphatic carboxylic acids is 4. The molecule has 1 aromatic carbocycles. The van der Waals surface area contributed by atoms with Crippen molar-refractivity contribution in [2.45, 2.75) is 177 Å². The topological polar surface area (TPSA) is 629 Å². The number of hydrogen-bond donors (Lipinski definition) is 21. The highest BCUT2D eigenvalue weighted by Gasteiger charge is 2.36. The van der Waals surface area contributed by atoms with Gasteiger partial charge in [-0.15, -0.1) is 0 Å². The number of nitrogens with one attached hydrogen (secondary N) is 8. The number of nitrogens with zero attached hydrogens (tertiary/aromatic N) is 2. The quantitative estimate of drug-likeness (QED) is 0.0164. The number of carboxylic acids is 4. The van der Waals surface area contributed by atoms with Gasteiger partial charge in [-0.3, -0.25) is 62.7 Å². The molecule has 1 rings (SSSR count). The summed E-state index contributed by atoms with van der Waals surface area (Å²) in [7, 11) is 0. The molecule has 0 aromatic heterocycles. The van der Waals surface area contributed by atoms with E-state index >= 15 is 0 Å². The van der Waals surface area contributed by atoms with Gasteiger partial charge in [0.25, 0.3) is 0 Å². The molecule has 35 heteroatoms. The molecule has 10 unspecified atom stereocenters. The van der Waals surface area contributed by atoms with E-state index in [1.807, 2.05) is 0 Å². The van der Waals surface area contributed by atoms with E-state index in [1.165, 1.54) is 24.3 Å². The van der Waals surface area contributed by atoms with E-state index in [0.29, 0.717) is 18.4 Å². The van der Waals surface area contributed by atoms with Crippen LogP contribution in [-0.2, 0) is 64.0 Å². The normalized spacial score (nSPS) is 14.4. The number of aliphatic hydroxyl groups is 1. The van der Waals surface area contributed by atoms with Crippen LogP contribution in [0.5, 0.6) is 5.75 Å². The van der Waals surface area contributed by atoms with Crippen molar-refractivity contribution < 1.29 is 88.2 Å². The van der Waals surface area contributed by atoms with Gasteiger partial charge >= 0.3 is 23.9 Å². The van der Waals surface area contributed by atoms with E-state index in [4.69, 9.17) is 50.3 Å². The minimum Gasteiger partial charge on any atom is -0.508 e. The molecule has 1 aromatic rings. The second-order valence-electron chi connectivity index (χ2n) is 20.2. The summed E-state index contributed by atoms with van der Waals surface area (Å²) in [4.78, 5) is 166. The summed E-state index contributed by atoms with van der Waals surface area (Å²) >= 11 is 0. The molecule has 0 aliphatic carbocycles. The summed E-state index contributed by atoms with van der Waals surface area (Å²) in [6.45, 7) is 1.25. The number of amides is 8. The Morgan fingerprint density at radius 3 is 1.15 bits per heavy atom. The van der Waals surface area contributed by atoms with Crippen molar-refractivity contribution in [3.63, 3.8) is 0 Å². The fourth-order valence-electron chi connectivity index (χ4n) is 8.18. The number of carbonyl (C=O) groups excluding carboxylic acids is 8. The van der Waals surface area contributed by atoms with E-state index in [1.54, 1.807) is 0 Å². The number of aromatic hydroxyl groups is 1. The molecule has 28 N–H and O–H groups in total. The highest BCUT2D eigenvalue weighted by molar-refractivity contribution is 5.98. The molecule has 0 fully saturated rings. The second kappa shape index (κ2) is 41.2. The van der Waals surface area contributed by atoms with E-state index in [-0.39, 0.29) is 108 Å². The van der Waals surface area contributed by atoms with Crippen LogP contribution in [-0.4, -0.2) is 200 Å². The molecule has 35 nitrogen and oxygen atoms in total. The van der Waals surface area contributed by atoms with Gasteiger partial charge in [0.2, 0.25) is 47.3 Å². The van der Waals surface area contributed by atoms with Crippen LogP contribution < -0.4 is 82.7 Å². The van der Waals surface area contributed by atoms with Crippen LogP contribution in [0.2, 0.25) is 0 Å². The average molecular weight is 1240 g/mol. The number of carbonyl (C=O) groups is 12. The number of rotatable bonds is 45. The number of phenolic OH excluding ortho intramolecular Hbond substituents is 1. The lowest BCUT2D eigenvalue weighted by Crippen LogP contribution is -2.62. The van der Waals surface area contributed by atoms with Gasteiger partial charge in [-0.25, -0.2) is 4.79 Å². The van der Waals surface area contributed by atoms with Gasteiger partial charge in [0, 0.05) is 38.8 Å². The minimum atomic E-state index is -1.90. The molecule has 0 aliphatic rings. The first-order valence-corrected chi connectivity index (χ1v) is 28.0. The second-order valence-corrected chi connectivity index (χ2v) is 20.2. The van der Waals surface area contributed by atoms with E-state index in [2.05, 4.69) is 52.5 Å². The van der Waals surface area contributed by atoms with E-state index in [9.17, 15) is 78.0 Å². The minimum absolute atomic E-state index is 0.00655. The zero-order valence-corrected chi connectivity index (χ0v) is 48.5. The number of phenols is 1. The maximum atomic E-state index is 14.5. The van der Waals surface area contributed by atoms with E-state index in [0.717, 1.165) is 6.92 Å². The van der Waals surface area contributed by atoms with Crippen LogP contribution in [0, 0.1) is 0 Å². The SMILES string of the molecule is CC(O)C(NC(=O)C(CCCN=C(N)N)NC(=O)C(CCCCN)NC(=O)C(CCCN=C(N)N)NC(=O)C(CCCCN)NC(=O)C(CCC(=O)O)NC(=O)C(N)CCC(=O)O)C(=O)NC(Cc1ccc(O)cc1)C(=O)NC(CCC(=O)O)C(=O)O. The maximum Gasteiger partial charge on any atom is 0.326 e. The van der Waals surface area contributed by atoms with Crippen molar-refractivity contribution in [1.29, 1.82) is 0 Å². The summed E-state index contributed by atoms with van der Waals surface area (Å²) in [5, 5.41) is 77.6. The fourth-order valence-corrected chi connectivity index (χ4v) is 8.18. The number of unbranched alkanes of at least 4 members (excludes halogenated alkanes) is 2. The van der Waals surface area contributed by atoms with Crippen LogP contribution in [0.1, 0.15) is 115 Å². The van der Waals surface area contributed by atoms with Crippen molar-refractivity contribution in [3.05, 3.63) is 29.8 Å². The van der Waals surface area contributed by atoms with Crippen molar-refractivity contribution in [3.8, 4) is 5.75 Å². The van der Waals surface area contributed by atoms with Crippen molar-refractivity contribution >= 4 is 83.1 Å². The number of aliphatic hydroxyl groups excluding tert-OH is 1. The lowest BCUT2D eigenvalue weighted by molar-refractivity contribution is -0.143. The molecule has 0 saturated heterocycles. The predicted molar refractivity (Wildman–Crippen MR) is 311 cm³/mol. The summed E-state index contributed by atoms with van der Waals surface area (Å²) in [5.41, 5.74) is 39.7. The first-order chi connectivity index (χ1) is 41.0. The number of benzene rings is 1. The third kappa shape index (κ3) is 32.2. The number of carboxylic acid groups (broad SMARTS) is 4. The van der Waals surface area contributed by atoms with Crippen molar-refractivity contribution in [2.24, 2.45) is 50.1 Å². The summed E-state index contributed by atoms with van der Waals surface area (Å²) in [5.74, 6) is -14.7. The first kappa shape index (κ1) is 76.1. The number of hydrogen-bond acceptors (Lipinski definition) is 19. The Labute approximate surface area is 500 Å². The zero-order valence-electron chi connectivity index (χ0n) is 48.5. The molecular weight excluding hydrogens is 1150 g/mol. The maximum absolute atomic E-state index is 14.5. The molecule has 87 heavy (non-hydrogen) atoms. The molecule has 0 aliphatic heterocycles. The smallest absolute Gasteiger partial charge is 0.326 e. The highest BCUT2D eigenvalue weighted by atomic mass is 16.4. The number of nitrogens with two attached hydrogens (primary N) is 7. The molecular formula is C52H87N17O18. The van der Waals surface area contributed by atoms with Crippen LogP contribution in [0.25, 0.3) is 0 Å².